The van der Waals surface area contributed by atoms with Crippen molar-refractivity contribution >= 4 is 21.7 Å². The molecule has 1 aliphatic heterocycles. The largest absolute Gasteiger partial charge is 0.504 e. The molecule has 5 nitrogen and oxygen atoms in total. The molecule has 1 aliphatic rings. The third-order valence-corrected chi connectivity index (χ3v) is 5.24. The van der Waals surface area contributed by atoms with Crippen molar-refractivity contribution < 1.29 is 22.4 Å². The van der Waals surface area contributed by atoms with Crippen LogP contribution in [0.25, 0.3) is 0 Å². The molecular weight excluding hydrogens is 340 g/mol. The van der Waals surface area contributed by atoms with E-state index in [9.17, 15) is 13.5 Å². The van der Waals surface area contributed by atoms with E-state index < -0.39 is 10.1 Å². The second kappa shape index (κ2) is 6.03. The first-order valence-electron chi connectivity index (χ1n) is 6.96. The van der Waals surface area contributed by atoms with E-state index in [-0.39, 0.29) is 16.7 Å². The van der Waals surface area contributed by atoms with Crippen molar-refractivity contribution in [1.29, 1.82) is 0 Å². The fraction of sp³-hybridized carbons (Fsp3) is 0.250. The Bertz CT molecular complexity index is 830. The van der Waals surface area contributed by atoms with Crippen molar-refractivity contribution in [3.05, 3.63) is 52.5 Å². The van der Waals surface area contributed by atoms with Crippen LogP contribution in [-0.4, -0.2) is 26.7 Å². The van der Waals surface area contributed by atoms with Crippen molar-refractivity contribution in [1.82, 2.24) is 0 Å². The fourth-order valence-electron chi connectivity index (χ4n) is 2.64. The average molecular weight is 355 g/mol. The van der Waals surface area contributed by atoms with Crippen molar-refractivity contribution in [3.8, 4) is 11.5 Å². The number of fused-ring (bicyclic) bond motifs is 1. The Morgan fingerprint density at radius 1 is 1.30 bits per heavy atom. The number of phenols is 1. The van der Waals surface area contributed by atoms with Gasteiger partial charge in [0.1, 0.15) is 6.10 Å². The monoisotopic (exact) mass is 354 g/mol. The lowest BCUT2D eigenvalue weighted by atomic mass is 10.0. The quantitative estimate of drug-likeness (QED) is 0.855. The third-order valence-electron chi connectivity index (χ3n) is 3.74. The normalized spacial score (nSPS) is 16.9. The van der Waals surface area contributed by atoms with Gasteiger partial charge in [-0.05, 0) is 23.8 Å². The van der Waals surface area contributed by atoms with Crippen LogP contribution >= 0.6 is 11.6 Å². The molecule has 1 N–H and O–H groups in total. The van der Waals surface area contributed by atoms with E-state index in [1.54, 1.807) is 18.2 Å². The molecule has 3 rings (SSSR count). The van der Waals surface area contributed by atoms with Gasteiger partial charge in [0.15, 0.2) is 11.5 Å². The van der Waals surface area contributed by atoms with Crippen LogP contribution in [0.2, 0.25) is 5.02 Å². The van der Waals surface area contributed by atoms with Gasteiger partial charge in [0.05, 0.1) is 12.0 Å². The summed E-state index contributed by atoms with van der Waals surface area (Å²) in [5.41, 5.74) is 1.81. The van der Waals surface area contributed by atoms with E-state index in [1.165, 1.54) is 18.2 Å². The number of rotatable bonds is 4. The van der Waals surface area contributed by atoms with Crippen LogP contribution in [0.15, 0.2) is 41.3 Å². The maximum atomic E-state index is 11.6. The molecule has 0 amide bonds. The minimum absolute atomic E-state index is 0.0385. The summed E-state index contributed by atoms with van der Waals surface area (Å²) in [4.78, 5) is 0.115. The number of aromatic hydroxyl groups is 1. The minimum Gasteiger partial charge on any atom is -0.504 e. The molecule has 0 radical (unpaired) electrons. The van der Waals surface area contributed by atoms with Crippen LogP contribution in [0.3, 0.4) is 0 Å². The molecule has 0 fully saturated rings. The highest BCUT2D eigenvalue weighted by Gasteiger charge is 2.26. The molecule has 0 aliphatic carbocycles. The molecule has 7 heteroatoms. The Morgan fingerprint density at radius 3 is 2.65 bits per heavy atom. The molecule has 2 aromatic rings. The van der Waals surface area contributed by atoms with Crippen LogP contribution in [0, 0.1) is 0 Å². The van der Waals surface area contributed by atoms with Crippen LogP contribution in [0.5, 0.6) is 11.5 Å². The second-order valence-corrected chi connectivity index (χ2v) is 7.48. The van der Waals surface area contributed by atoms with Gasteiger partial charge in [0.25, 0.3) is 10.1 Å². The van der Waals surface area contributed by atoms with Gasteiger partial charge in [-0.1, -0.05) is 23.7 Å². The first-order chi connectivity index (χ1) is 10.9. The number of halogens is 1. The van der Waals surface area contributed by atoms with Crippen LogP contribution in [0.1, 0.15) is 11.1 Å². The van der Waals surface area contributed by atoms with Crippen molar-refractivity contribution in [2.75, 3.05) is 7.11 Å². The molecule has 1 atom stereocenters. The minimum atomic E-state index is -3.68. The van der Waals surface area contributed by atoms with Crippen LogP contribution in [0.4, 0.5) is 0 Å². The molecule has 23 heavy (non-hydrogen) atoms. The first-order valence-corrected chi connectivity index (χ1v) is 8.75. The van der Waals surface area contributed by atoms with E-state index in [0.29, 0.717) is 23.6 Å². The molecule has 0 bridgehead atoms. The average Bonchev–Trinajstić information content (AvgIpc) is 2.90. The van der Waals surface area contributed by atoms with Gasteiger partial charge >= 0.3 is 0 Å². The number of phenolic OH excluding ortho intramolecular Hbond substituents is 1. The molecular formula is C16H15ClO5S. The predicted molar refractivity (Wildman–Crippen MR) is 85.6 cm³/mol. The highest BCUT2D eigenvalue weighted by Crippen LogP contribution is 2.40. The van der Waals surface area contributed by atoms with E-state index >= 15 is 0 Å². The van der Waals surface area contributed by atoms with Crippen molar-refractivity contribution in [3.63, 3.8) is 0 Å². The summed E-state index contributed by atoms with van der Waals surface area (Å²) in [7, 11) is -2.55. The van der Waals surface area contributed by atoms with Crippen molar-refractivity contribution in [2.45, 2.75) is 23.8 Å². The lowest BCUT2D eigenvalue weighted by Gasteiger charge is -2.11. The molecule has 0 aromatic heterocycles. The van der Waals surface area contributed by atoms with Gasteiger partial charge in [0, 0.05) is 29.5 Å². The zero-order valence-electron chi connectivity index (χ0n) is 12.3. The second-order valence-electron chi connectivity index (χ2n) is 5.33. The topological polar surface area (TPSA) is 72.8 Å². The van der Waals surface area contributed by atoms with Gasteiger partial charge in [-0.3, -0.25) is 4.18 Å². The zero-order valence-corrected chi connectivity index (χ0v) is 13.9. The summed E-state index contributed by atoms with van der Waals surface area (Å²) in [6.45, 7) is 0. The standard InChI is InChI=1S/C16H15ClO5S/c1-21-23(19,20)14-4-2-10(3-5-14)6-13-8-11-7-12(17)9-15(18)16(11)22-13/h2-5,7,9,13,18H,6,8H2,1H3. The molecule has 1 heterocycles. The van der Waals surface area contributed by atoms with Crippen LogP contribution in [-0.2, 0) is 27.1 Å². The summed E-state index contributed by atoms with van der Waals surface area (Å²) in [5, 5.41) is 10.3. The molecule has 1 unspecified atom stereocenters. The smallest absolute Gasteiger partial charge is 0.296 e. The number of ether oxygens (including phenoxy) is 1. The number of benzene rings is 2. The molecule has 0 saturated carbocycles. The highest BCUT2D eigenvalue weighted by molar-refractivity contribution is 7.86. The summed E-state index contributed by atoms with van der Waals surface area (Å²) < 4.78 is 33.4. The van der Waals surface area contributed by atoms with E-state index in [2.05, 4.69) is 4.18 Å². The van der Waals surface area contributed by atoms with Crippen molar-refractivity contribution in [2.24, 2.45) is 0 Å². The van der Waals surface area contributed by atoms with E-state index in [1.807, 2.05) is 0 Å². The maximum Gasteiger partial charge on any atom is 0.296 e. The Labute approximate surface area is 139 Å². The number of hydrogen-bond donors (Lipinski definition) is 1. The van der Waals surface area contributed by atoms with E-state index in [4.69, 9.17) is 16.3 Å². The third kappa shape index (κ3) is 3.29. The molecule has 0 spiro atoms. The fourth-order valence-corrected chi connectivity index (χ4v) is 3.54. The Kier molecular flexibility index (Phi) is 4.23. The molecule has 2 aromatic carbocycles. The Morgan fingerprint density at radius 2 is 2.00 bits per heavy atom. The summed E-state index contributed by atoms with van der Waals surface area (Å²) >= 11 is 5.93. The lowest BCUT2D eigenvalue weighted by Crippen LogP contribution is -2.16. The first kappa shape index (κ1) is 16.1. The molecule has 122 valence electrons. The van der Waals surface area contributed by atoms with Crippen LogP contribution < -0.4 is 4.74 Å². The SMILES string of the molecule is COS(=O)(=O)c1ccc(CC2Cc3cc(Cl)cc(O)c3O2)cc1. The highest BCUT2D eigenvalue weighted by atomic mass is 35.5. The Hall–Kier alpha value is -1.76. The van der Waals surface area contributed by atoms with Gasteiger partial charge in [-0.15, -0.1) is 0 Å². The lowest BCUT2D eigenvalue weighted by molar-refractivity contribution is 0.225. The van der Waals surface area contributed by atoms with Gasteiger partial charge in [0.2, 0.25) is 0 Å². The summed E-state index contributed by atoms with van der Waals surface area (Å²) in [5.74, 6) is 0.509. The van der Waals surface area contributed by atoms with Gasteiger partial charge in [-0.25, -0.2) is 0 Å². The van der Waals surface area contributed by atoms with E-state index in [0.717, 1.165) is 18.2 Å². The van der Waals surface area contributed by atoms with Gasteiger partial charge in [-0.2, -0.15) is 8.42 Å². The summed E-state index contributed by atoms with van der Waals surface area (Å²) in [6.07, 6.45) is 1.11. The predicted octanol–water partition coefficient (Wildman–Crippen LogP) is 2.93. The number of hydrogen-bond acceptors (Lipinski definition) is 5. The summed E-state index contributed by atoms with van der Waals surface area (Å²) in [6, 6.07) is 9.70. The Balaban J connectivity index is 1.73. The zero-order chi connectivity index (χ0) is 16.6. The maximum absolute atomic E-state index is 11.6. The molecule has 0 saturated heterocycles. The van der Waals surface area contributed by atoms with Gasteiger partial charge < -0.3 is 9.84 Å².